The number of hydrogen-bond donors (Lipinski definition) is 0. The molecule has 28 heavy (non-hydrogen) atoms. The molecule has 0 amide bonds. The minimum absolute atomic E-state index is 0.0950. The maximum absolute atomic E-state index is 14.9. The molecular formula is C25H23F3. The lowest BCUT2D eigenvalue weighted by atomic mass is 10.00. The molecule has 0 N–H and O–H groups in total. The number of fused-ring (bicyclic) bond motifs is 1. The van der Waals surface area contributed by atoms with E-state index in [0.717, 1.165) is 36.8 Å². The molecule has 0 bridgehead atoms. The van der Waals surface area contributed by atoms with E-state index in [-0.39, 0.29) is 11.1 Å². The highest BCUT2D eigenvalue weighted by Crippen LogP contribution is 2.33. The molecule has 0 heterocycles. The molecule has 0 nitrogen and oxygen atoms in total. The van der Waals surface area contributed by atoms with Gasteiger partial charge in [-0.05, 0) is 41.8 Å². The number of halogens is 3. The largest absolute Gasteiger partial charge is 0.206 e. The van der Waals surface area contributed by atoms with Crippen molar-refractivity contribution in [1.29, 1.82) is 0 Å². The summed E-state index contributed by atoms with van der Waals surface area (Å²) in [5, 5.41) is 0.979. The molecule has 0 aliphatic rings. The smallest absolute Gasteiger partial charge is 0.169 e. The summed E-state index contributed by atoms with van der Waals surface area (Å²) in [7, 11) is 0. The number of allylic oxidation sites excluding steroid dienone is 1. The van der Waals surface area contributed by atoms with Crippen molar-refractivity contribution in [2.45, 2.75) is 32.6 Å². The van der Waals surface area contributed by atoms with Crippen molar-refractivity contribution in [3.8, 4) is 0 Å². The van der Waals surface area contributed by atoms with Crippen LogP contribution in [0.25, 0.3) is 22.4 Å². The van der Waals surface area contributed by atoms with E-state index < -0.39 is 17.5 Å². The summed E-state index contributed by atoms with van der Waals surface area (Å²) in [6, 6.07) is 14.8. The Morgan fingerprint density at radius 3 is 2.29 bits per heavy atom. The highest BCUT2D eigenvalue weighted by Gasteiger charge is 2.17. The van der Waals surface area contributed by atoms with E-state index in [2.05, 4.69) is 13.5 Å². The van der Waals surface area contributed by atoms with Gasteiger partial charge in [-0.2, -0.15) is 0 Å². The summed E-state index contributed by atoms with van der Waals surface area (Å²) in [4.78, 5) is 0. The van der Waals surface area contributed by atoms with Crippen LogP contribution in [-0.2, 0) is 12.8 Å². The minimum Gasteiger partial charge on any atom is -0.206 e. The average molecular weight is 380 g/mol. The van der Waals surface area contributed by atoms with E-state index in [1.807, 2.05) is 18.2 Å². The van der Waals surface area contributed by atoms with Gasteiger partial charge in [-0.15, -0.1) is 6.58 Å². The van der Waals surface area contributed by atoms with E-state index in [4.69, 9.17) is 0 Å². The quantitative estimate of drug-likeness (QED) is 0.289. The first-order valence-electron chi connectivity index (χ1n) is 9.52. The van der Waals surface area contributed by atoms with Crippen molar-refractivity contribution in [2.24, 2.45) is 0 Å². The molecule has 3 aromatic carbocycles. The molecule has 0 aromatic heterocycles. The zero-order valence-corrected chi connectivity index (χ0v) is 15.9. The Labute approximate surface area is 164 Å². The lowest BCUT2D eigenvalue weighted by molar-refractivity contribution is 0.622. The molecule has 0 unspecified atom stereocenters. The Morgan fingerprint density at radius 2 is 1.61 bits per heavy atom. The molecule has 3 heteroatoms. The third-order valence-electron chi connectivity index (χ3n) is 4.83. The molecule has 0 atom stereocenters. The zero-order chi connectivity index (χ0) is 20.1. The second-order valence-corrected chi connectivity index (χ2v) is 6.88. The SMILES string of the molecule is C=CCCc1ccc(C(F)=C(F)c2ccc3cc(CCC)ccc3c2F)cc1. The Balaban J connectivity index is 1.96. The summed E-state index contributed by atoms with van der Waals surface area (Å²) in [6.45, 7) is 5.74. The van der Waals surface area contributed by atoms with Crippen LogP contribution >= 0.6 is 0 Å². The Hall–Kier alpha value is -2.81. The van der Waals surface area contributed by atoms with E-state index in [9.17, 15) is 13.2 Å². The van der Waals surface area contributed by atoms with Crippen LogP contribution in [-0.4, -0.2) is 0 Å². The molecule has 0 aliphatic heterocycles. The van der Waals surface area contributed by atoms with Crippen molar-refractivity contribution >= 4 is 22.4 Å². The number of benzene rings is 3. The monoisotopic (exact) mass is 380 g/mol. The van der Waals surface area contributed by atoms with E-state index in [0.29, 0.717) is 10.8 Å². The zero-order valence-electron chi connectivity index (χ0n) is 15.9. The van der Waals surface area contributed by atoms with Crippen LogP contribution in [0, 0.1) is 5.82 Å². The first-order valence-corrected chi connectivity index (χ1v) is 9.52. The van der Waals surface area contributed by atoms with Gasteiger partial charge in [0.15, 0.2) is 11.7 Å². The van der Waals surface area contributed by atoms with Crippen molar-refractivity contribution in [3.63, 3.8) is 0 Å². The Kier molecular flexibility index (Phi) is 6.35. The standard InChI is InChI=1S/C25H23F3/c1-3-5-7-17-8-11-19(12-9-17)23(26)25(28)22-15-13-20-16-18(6-4-2)10-14-21(20)24(22)27/h3,8-16H,1,4-7H2,2H3. The second kappa shape index (κ2) is 8.92. The van der Waals surface area contributed by atoms with Gasteiger partial charge in [0.1, 0.15) is 5.82 Å². The third-order valence-corrected chi connectivity index (χ3v) is 4.83. The van der Waals surface area contributed by atoms with Gasteiger partial charge < -0.3 is 0 Å². The highest BCUT2D eigenvalue weighted by molar-refractivity contribution is 5.91. The van der Waals surface area contributed by atoms with E-state index in [1.165, 1.54) is 18.2 Å². The van der Waals surface area contributed by atoms with E-state index >= 15 is 0 Å². The fourth-order valence-electron chi connectivity index (χ4n) is 3.29. The van der Waals surface area contributed by atoms with E-state index in [1.54, 1.807) is 24.3 Å². The maximum atomic E-state index is 14.9. The van der Waals surface area contributed by atoms with Crippen LogP contribution in [0.15, 0.2) is 67.3 Å². The Morgan fingerprint density at radius 1 is 0.893 bits per heavy atom. The summed E-state index contributed by atoms with van der Waals surface area (Å²) in [5.74, 6) is -2.98. The van der Waals surface area contributed by atoms with Gasteiger partial charge in [0.25, 0.3) is 0 Å². The number of aryl methyl sites for hydroxylation is 2. The lowest BCUT2D eigenvalue weighted by Crippen LogP contribution is -1.93. The molecule has 0 radical (unpaired) electrons. The van der Waals surface area contributed by atoms with Gasteiger partial charge in [-0.25, -0.2) is 13.2 Å². The first kappa shape index (κ1) is 19.9. The summed E-state index contributed by atoms with van der Waals surface area (Å²) >= 11 is 0. The van der Waals surface area contributed by atoms with Crippen molar-refractivity contribution in [1.82, 2.24) is 0 Å². The van der Waals surface area contributed by atoms with Gasteiger partial charge in [0.05, 0.1) is 0 Å². The van der Waals surface area contributed by atoms with Gasteiger partial charge in [-0.3, -0.25) is 0 Å². The molecule has 0 aliphatic carbocycles. The van der Waals surface area contributed by atoms with Gasteiger partial charge >= 0.3 is 0 Å². The first-order chi connectivity index (χ1) is 13.5. The lowest BCUT2D eigenvalue weighted by Gasteiger charge is -2.08. The van der Waals surface area contributed by atoms with Gasteiger partial charge in [-0.1, -0.05) is 68.0 Å². The predicted octanol–water partition coefficient (Wildman–Crippen LogP) is 7.81. The normalized spacial score (nSPS) is 12.1. The maximum Gasteiger partial charge on any atom is 0.169 e. The second-order valence-electron chi connectivity index (χ2n) is 6.88. The summed E-state index contributed by atoms with van der Waals surface area (Å²) in [5.41, 5.74) is 1.85. The van der Waals surface area contributed by atoms with Crippen LogP contribution < -0.4 is 0 Å². The van der Waals surface area contributed by atoms with Crippen LogP contribution in [0.2, 0.25) is 0 Å². The molecular weight excluding hydrogens is 357 g/mol. The predicted molar refractivity (Wildman–Crippen MR) is 112 cm³/mol. The van der Waals surface area contributed by atoms with Gasteiger partial charge in [0.2, 0.25) is 0 Å². The van der Waals surface area contributed by atoms with Gasteiger partial charge in [0, 0.05) is 16.5 Å². The molecule has 3 aromatic rings. The highest BCUT2D eigenvalue weighted by atomic mass is 19.2. The molecule has 0 fully saturated rings. The fourth-order valence-corrected chi connectivity index (χ4v) is 3.29. The topological polar surface area (TPSA) is 0 Å². The molecule has 0 saturated carbocycles. The fraction of sp³-hybridized carbons (Fsp3) is 0.200. The molecule has 0 saturated heterocycles. The number of rotatable bonds is 7. The molecule has 0 spiro atoms. The molecule has 3 rings (SSSR count). The van der Waals surface area contributed by atoms with Crippen LogP contribution in [0.3, 0.4) is 0 Å². The third kappa shape index (κ3) is 4.19. The van der Waals surface area contributed by atoms with Crippen LogP contribution in [0.1, 0.15) is 42.0 Å². The average Bonchev–Trinajstić information content (AvgIpc) is 2.72. The van der Waals surface area contributed by atoms with Crippen molar-refractivity contribution in [3.05, 3.63) is 95.3 Å². The Bertz CT molecular complexity index is 1010. The van der Waals surface area contributed by atoms with Crippen molar-refractivity contribution < 1.29 is 13.2 Å². The van der Waals surface area contributed by atoms with Crippen LogP contribution in [0.4, 0.5) is 13.2 Å². The number of hydrogen-bond acceptors (Lipinski definition) is 0. The summed E-state index contributed by atoms with van der Waals surface area (Å²) < 4.78 is 44.3. The van der Waals surface area contributed by atoms with Crippen LogP contribution in [0.5, 0.6) is 0 Å². The minimum atomic E-state index is -1.18. The molecule has 144 valence electrons. The summed E-state index contributed by atoms with van der Waals surface area (Å²) in [6.07, 6.45) is 5.29. The van der Waals surface area contributed by atoms with Crippen molar-refractivity contribution in [2.75, 3.05) is 0 Å².